The fourth-order valence-electron chi connectivity index (χ4n) is 3.07. The zero-order valence-electron chi connectivity index (χ0n) is 14.8. The van der Waals surface area contributed by atoms with Crippen molar-refractivity contribution >= 4 is 33.2 Å². The maximum Gasteiger partial charge on any atom is 0.471 e. The van der Waals surface area contributed by atoms with Gasteiger partial charge in [0, 0.05) is 49.8 Å². The quantitative estimate of drug-likeness (QED) is 0.396. The highest BCUT2D eigenvalue weighted by Gasteiger charge is 2.44. The molecule has 0 bridgehead atoms. The number of nitrogens with one attached hydrogen (secondary N) is 1. The number of hydrogen-bond donors (Lipinski definition) is 1. The van der Waals surface area contributed by atoms with Gasteiger partial charge >= 0.3 is 18.3 Å². The molecule has 0 spiro atoms. The Hall–Kier alpha value is -2.09. The summed E-state index contributed by atoms with van der Waals surface area (Å²) >= 11 is 2.77. The van der Waals surface area contributed by atoms with Crippen LogP contribution in [0.25, 0.3) is 0 Å². The van der Waals surface area contributed by atoms with Crippen molar-refractivity contribution in [2.75, 3.05) is 38.1 Å². The molecule has 1 heterocycles. The second-order valence-electron chi connectivity index (χ2n) is 6.33. The Morgan fingerprint density at radius 3 is 2.48 bits per heavy atom. The Morgan fingerprint density at radius 1 is 1.34 bits per heavy atom. The molecule has 1 aromatic rings. The standard InChI is InChI=1S/C15H15BrF6N4O3/c1-24(13(27)15(20,21)22)6-8-7-25(5-4-23-8)12-10(26(28)29)3-2-9(16)11(12)14(17,18)19/h2-3,8,23H,4-7H2,1H3/t8-/m0/s1. The molecule has 14 heteroatoms. The van der Waals surface area contributed by atoms with Crippen LogP contribution in [-0.2, 0) is 11.0 Å². The van der Waals surface area contributed by atoms with E-state index in [4.69, 9.17) is 0 Å². The number of nitro benzene ring substituents is 1. The molecule has 0 saturated carbocycles. The normalized spacial score (nSPS) is 17.9. The first kappa shape index (κ1) is 23.2. The monoisotopic (exact) mass is 492 g/mol. The van der Waals surface area contributed by atoms with Crippen LogP contribution in [0.5, 0.6) is 0 Å². The first-order valence-electron chi connectivity index (χ1n) is 8.08. The van der Waals surface area contributed by atoms with Gasteiger partial charge in [-0.1, -0.05) is 15.9 Å². The Morgan fingerprint density at radius 2 is 1.97 bits per heavy atom. The Bertz CT molecular complexity index is 801. The number of nitrogens with zero attached hydrogens (tertiary/aromatic N) is 3. The van der Waals surface area contributed by atoms with E-state index in [1.54, 1.807) is 0 Å². The van der Waals surface area contributed by atoms with Crippen LogP contribution < -0.4 is 10.2 Å². The van der Waals surface area contributed by atoms with Crippen LogP contribution in [-0.4, -0.2) is 61.2 Å². The molecule has 0 radical (unpaired) electrons. The van der Waals surface area contributed by atoms with Gasteiger partial charge in [0.15, 0.2) is 0 Å². The van der Waals surface area contributed by atoms with Crippen LogP contribution in [0.4, 0.5) is 37.7 Å². The summed E-state index contributed by atoms with van der Waals surface area (Å²) in [6, 6.07) is 1.00. The highest BCUT2D eigenvalue weighted by molar-refractivity contribution is 9.10. The fraction of sp³-hybridized carbons (Fsp3) is 0.533. The van der Waals surface area contributed by atoms with E-state index in [2.05, 4.69) is 21.2 Å². The molecule has 1 fully saturated rings. The van der Waals surface area contributed by atoms with E-state index < -0.39 is 57.2 Å². The van der Waals surface area contributed by atoms with Crippen molar-refractivity contribution in [2.45, 2.75) is 18.4 Å². The third-order valence-corrected chi connectivity index (χ3v) is 4.90. The number of rotatable bonds is 4. The molecule has 1 N–H and O–H groups in total. The average molecular weight is 493 g/mol. The van der Waals surface area contributed by atoms with Crippen molar-refractivity contribution in [1.29, 1.82) is 0 Å². The molecule has 2 rings (SSSR count). The van der Waals surface area contributed by atoms with Crippen molar-refractivity contribution in [3.8, 4) is 0 Å². The summed E-state index contributed by atoms with van der Waals surface area (Å²) in [6.45, 7) is -0.707. The second-order valence-corrected chi connectivity index (χ2v) is 7.18. The van der Waals surface area contributed by atoms with Crippen LogP contribution in [0.15, 0.2) is 16.6 Å². The summed E-state index contributed by atoms with van der Waals surface area (Å²) in [7, 11) is 0.916. The van der Waals surface area contributed by atoms with E-state index in [0.717, 1.165) is 24.1 Å². The first-order chi connectivity index (χ1) is 13.2. The average Bonchev–Trinajstić information content (AvgIpc) is 2.58. The second kappa shape index (κ2) is 8.34. The summed E-state index contributed by atoms with van der Waals surface area (Å²) in [6.07, 6.45) is -10.0. The van der Waals surface area contributed by atoms with Crippen LogP contribution in [0, 0.1) is 10.1 Å². The number of alkyl halides is 6. The third-order valence-electron chi connectivity index (χ3n) is 4.24. The molecule has 1 atom stereocenters. The summed E-state index contributed by atoms with van der Waals surface area (Å²) in [5.74, 6) is -2.10. The summed E-state index contributed by atoms with van der Waals surface area (Å²) in [4.78, 5) is 23.1. The van der Waals surface area contributed by atoms with Crippen molar-refractivity contribution in [3.63, 3.8) is 0 Å². The van der Waals surface area contributed by atoms with Gasteiger partial charge in [-0.25, -0.2) is 0 Å². The Balaban J connectivity index is 2.36. The molecule has 0 aliphatic carbocycles. The molecular weight excluding hydrogens is 478 g/mol. The predicted octanol–water partition coefficient (Wildman–Crippen LogP) is 3.18. The topological polar surface area (TPSA) is 78.7 Å². The number of halogens is 7. The third kappa shape index (κ3) is 5.29. The number of hydrogen-bond acceptors (Lipinski definition) is 5. The predicted molar refractivity (Wildman–Crippen MR) is 93.5 cm³/mol. The molecule has 0 aromatic heterocycles. The van der Waals surface area contributed by atoms with Gasteiger partial charge in [0.05, 0.1) is 4.92 Å². The highest BCUT2D eigenvalue weighted by atomic mass is 79.9. The van der Waals surface area contributed by atoms with Gasteiger partial charge in [0.2, 0.25) is 0 Å². The number of carbonyl (C=O) groups excluding carboxylic acids is 1. The Kier molecular flexibility index (Phi) is 6.67. The molecule has 1 saturated heterocycles. The molecular formula is C15H15BrF6N4O3. The van der Waals surface area contributed by atoms with Gasteiger partial charge in [0.1, 0.15) is 11.3 Å². The maximum atomic E-state index is 13.6. The molecule has 1 amide bonds. The van der Waals surface area contributed by atoms with Gasteiger partial charge in [-0.3, -0.25) is 14.9 Å². The van der Waals surface area contributed by atoms with Crippen LogP contribution in [0.1, 0.15) is 5.56 Å². The first-order valence-corrected chi connectivity index (χ1v) is 8.87. The fourth-order valence-corrected chi connectivity index (χ4v) is 3.62. The zero-order chi connectivity index (χ0) is 22.1. The molecule has 7 nitrogen and oxygen atoms in total. The van der Waals surface area contributed by atoms with E-state index in [1.165, 1.54) is 0 Å². The van der Waals surface area contributed by atoms with Crippen molar-refractivity contribution in [3.05, 3.63) is 32.3 Å². The van der Waals surface area contributed by atoms with Crippen LogP contribution in [0.2, 0.25) is 0 Å². The van der Waals surface area contributed by atoms with E-state index in [9.17, 15) is 41.3 Å². The highest BCUT2D eigenvalue weighted by Crippen LogP contribution is 2.46. The van der Waals surface area contributed by atoms with Gasteiger partial charge in [-0.15, -0.1) is 0 Å². The SMILES string of the molecule is CN(C[C@H]1CN(c2c([N+](=O)[O-])ccc(Br)c2C(F)(F)F)CCN1)C(=O)C(F)(F)F. The molecule has 1 aromatic carbocycles. The van der Waals surface area contributed by atoms with Crippen LogP contribution >= 0.6 is 15.9 Å². The summed E-state index contributed by atoms with van der Waals surface area (Å²) < 4.78 is 78.0. The van der Waals surface area contributed by atoms with Gasteiger partial charge in [-0.05, 0) is 6.07 Å². The van der Waals surface area contributed by atoms with E-state index >= 15 is 0 Å². The summed E-state index contributed by atoms with van der Waals surface area (Å²) in [5, 5.41) is 14.1. The molecule has 1 aliphatic heterocycles. The number of amides is 1. The lowest BCUT2D eigenvalue weighted by atomic mass is 10.1. The minimum atomic E-state index is -5.09. The lowest BCUT2D eigenvalue weighted by Crippen LogP contribution is -2.56. The largest absolute Gasteiger partial charge is 0.471 e. The van der Waals surface area contributed by atoms with Crippen molar-refractivity contribution < 1.29 is 36.1 Å². The zero-order valence-corrected chi connectivity index (χ0v) is 16.4. The molecule has 162 valence electrons. The lowest BCUT2D eigenvalue weighted by Gasteiger charge is -2.37. The van der Waals surface area contributed by atoms with E-state index in [1.807, 2.05) is 0 Å². The Labute approximate surface area is 168 Å². The molecule has 1 aliphatic rings. The minimum Gasteiger partial charge on any atom is -0.363 e. The lowest BCUT2D eigenvalue weighted by molar-refractivity contribution is -0.384. The number of carbonyl (C=O) groups is 1. The maximum absolute atomic E-state index is 13.6. The van der Waals surface area contributed by atoms with Crippen molar-refractivity contribution in [1.82, 2.24) is 10.2 Å². The smallest absolute Gasteiger partial charge is 0.363 e. The number of anilines is 1. The van der Waals surface area contributed by atoms with Gasteiger partial charge in [0.25, 0.3) is 5.69 Å². The number of likely N-dealkylation sites (N-methyl/N-ethyl adjacent to an activating group) is 1. The summed E-state index contributed by atoms with van der Waals surface area (Å²) in [5.41, 5.74) is -2.69. The van der Waals surface area contributed by atoms with Gasteiger partial charge in [-0.2, -0.15) is 26.3 Å². The van der Waals surface area contributed by atoms with Crippen molar-refractivity contribution in [2.24, 2.45) is 0 Å². The van der Waals surface area contributed by atoms with E-state index in [-0.39, 0.29) is 19.6 Å². The van der Waals surface area contributed by atoms with Gasteiger partial charge < -0.3 is 15.1 Å². The number of nitro groups is 1. The number of benzene rings is 1. The van der Waals surface area contributed by atoms with Crippen LogP contribution in [0.3, 0.4) is 0 Å². The molecule has 29 heavy (non-hydrogen) atoms. The van der Waals surface area contributed by atoms with E-state index in [0.29, 0.717) is 4.90 Å². The number of piperazine rings is 1. The minimum absolute atomic E-state index is 0.0478. The molecule has 0 unspecified atom stereocenters.